The molecular weight excluding hydrogens is 268 g/mol. The average Bonchev–Trinajstić information content (AvgIpc) is 2.87. The van der Waals surface area contributed by atoms with Crippen LogP contribution in [0.3, 0.4) is 0 Å². The zero-order chi connectivity index (χ0) is 15.6. The van der Waals surface area contributed by atoms with Crippen molar-refractivity contribution in [2.45, 2.75) is 46.5 Å². The lowest BCUT2D eigenvalue weighted by atomic mass is 9.83. The molecular formula is C16H28N2O3. The highest BCUT2D eigenvalue weighted by Crippen LogP contribution is 2.36. The van der Waals surface area contributed by atoms with Gasteiger partial charge in [0, 0.05) is 26.2 Å². The van der Waals surface area contributed by atoms with E-state index in [1.165, 1.54) is 0 Å². The van der Waals surface area contributed by atoms with Crippen LogP contribution >= 0.6 is 0 Å². The van der Waals surface area contributed by atoms with Crippen LogP contribution in [-0.4, -0.2) is 53.1 Å². The Labute approximate surface area is 127 Å². The van der Waals surface area contributed by atoms with E-state index in [0.717, 1.165) is 25.9 Å². The summed E-state index contributed by atoms with van der Waals surface area (Å²) in [5, 5.41) is 9.53. The molecule has 3 unspecified atom stereocenters. The Kier molecular flexibility index (Phi) is 4.79. The van der Waals surface area contributed by atoms with E-state index in [2.05, 4.69) is 13.8 Å². The third-order valence-corrected chi connectivity index (χ3v) is 5.41. The topological polar surface area (TPSA) is 60.9 Å². The Morgan fingerprint density at radius 3 is 2.48 bits per heavy atom. The summed E-state index contributed by atoms with van der Waals surface area (Å²) in [7, 11) is 0. The standard InChI is InChI=1S/C16H28N2O3/c1-4-6-16(14(19)20)7-9-18(11-16)15(21)17-8-5-12(2)13(3)10-17/h12-13H,4-11H2,1-3H3,(H,19,20). The molecule has 120 valence electrons. The second-order valence-corrected chi connectivity index (χ2v) is 6.98. The lowest BCUT2D eigenvalue weighted by Crippen LogP contribution is -2.49. The van der Waals surface area contributed by atoms with Gasteiger partial charge in [-0.15, -0.1) is 0 Å². The molecule has 0 radical (unpaired) electrons. The normalized spacial score (nSPS) is 33.3. The first-order chi connectivity index (χ1) is 9.89. The van der Waals surface area contributed by atoms with Gasteiger partial charge in [-0.1, -0.05) is 27.2 Å². The largest absolute Gasteiger partial charge is 0.481 e. The van der Waals surface area contributed by atoms with Crippen molar-refractivity contribution in [1.29, 1.82) is 0 Å². The predicted octanol–water partition coefficient (Wildman–Crippen LogP) is 2.66. The Hall–Kier alpha value is -1.26. The zero-order valence-electron chi connectivity index (χ0n) is 13.5. The highest BCUT2D eigenvalue weighted by molar-refractivity contribution is 5.80. The van der Waals surface area contributed by atoms with Crippen LogP contribution in [-0.2, 0) is 4.79 Å². The van der Waals surface area contributed by atoms with Gasteiger partial charge < -0.3 is 14.9 Å². The molecule has 2 fully saturated rings. The van der Waals surface area contributed by atoms with Gasteiger partial charge in [0.1, 0.15) is 0 Å². The second-order valence-electron chi connectivity index (χ2n) is 6.98. The number of urea groups is 1. The van der Waals surface area contributed by atoms with E-state index in [0.29, 0.717) is 37.8 Å². The van der Waals surface area contributed by atoms with E-state index in [4.69, 9.17) is 0 Å². The Balaban J connectivity index is 2.00. The summed E-state index contributed by atoms with van der Waals surface area (Å²) >= 11 is 0. The number of amides is 2. The minimum atomic E-state index is -0.750. The molecule has 0 aromatic carbocycles. The van der Waals surface area contributed by atoms with Gasteiger partial charge in [0.2, 0.25) is 0 Å². The number of rotatable bonds is 3. The Morgan fingerprint density at radius 2 is 1.90 bits per heavy atom. The van der Waals surface area contributed by atoms with Crippen LogP contribution in [0.1, 0.15) is 46.5 Å². The van der Waals surface area contributed by atoms with Crippen molar-refractivity contribution in [3.8, 4) is 0 Å². The maximum atomic E-state index is 12.6. The van der Waals surface area contributed by atoms with Gasteiger partial charge in [-0.3, -0.25) is 4.79 Å². The van der Waals surface area contributed by atoms with Crippen LogP contribution in [0.5, 0.6) is 0 Å². The molecule has 2 amide bonds. The van der Waals surface area contributed by atoms with Crippen LogP contribution in [0, 0.1) is 17.3 Å². The summed E-state index contributed by atoms with van der Waals surface area (Å²) in [6.45, 7) is 8.97. The van der Waals surface area contributed by atoms with Gasteiger partial charge in [-0.25, -0.2) is 4.79 Å². The van der Waals surface area contributed by atoms with E-state index < -0.39 is 11.4 Å². The van der Waals surface area contributed by atoms with Gasteiger partial charge in [0.05, 0.1) is 5.41 Å². The van der Waals surface area contributed by atoms with Crippen LogP contribution in [0.25, 0.3) is 0 Å². The molecule has 0 aliphatic carbocycles. The number of nitrogens with zero attached hydrogens (tertiary/aromatic N) is 2. The molecule has 3 atom stereocenters. The van der Waals surface area contributed by atoms with Crippen LogP contribution in [0.2, 0.25) is 0 Å². The maximum absolute atomic E-state index is 12.6. The molecule has 2 aliphatic rings. The molecule has 5 heteroatoms. The molecule has 0 bridgehead atoms. The monoisotopic (exact) mass is 296 g/mol. The van der Waals surface area contributed by atoms with Gasteiger partial charge in [0.15, 0.2) is 0 Å². The second kappa shape index (κ2) is 6.24. The van der Waals surface area contributed by atoms with Crippen LogP contribution in [0.4, 0.5) is 4.79 Å². The van der Waals surface area contributed by atoms with E-state index in [1.54, 1.807) is 4.90 Å². The minimum absolute atomic E-state index is 0.0352. The van der Waals surface area contributed by atoms with Gasteiger partial charge in [-0.05, 0) is 31.1 Å². The van der Waals surface area contributed by atoms with Gasteiger partial charge >= 0.3 is 12.0 Å². The Bertz CT molecular complexity index is 412. The quantitative estimate of drug-likeness (QED) is 0.871. The molecule has 0 aromatic heterocycles. The summed E-state index contributed by atoms with van der Waals surface area (Å²) in [5.74, 6) is 0.427. The van der Waals surface area contributed by atoms with Crippen LogP contribution < -0.4 is 0 Å². The number of aliphatic carboxylic acids is 1. The molecule has 5 nitrogen and oxygen atoms in total. The van der Waals surface area contributed by atoms with E-state index >= 15 is 0 Å². The first-order valence-corrected chi connectivity index (χ1v) is 8.17. The molecule has 2 rings (SSSR count). The fourth-order valence-electron chi connectivity index (χ4n) is 3.64. The molecule has 1 N–H and O–H groups in total. The number of hydrogen-bond acceptors (Lipinski definition) is 2. The molecule has 2 saturated heterocycles. The third kappa shape index (κ3) is 3.16. The van der Waals surface area contributed by atoms with E-state index in [-0.39, 0.29) is 6.03 Å². The fraction of sp³-hybridized carbons (Fsp3) is 0.875. The molecule has 0 aromatic rings. The highest BCUT2D eigenvalue weighted by atomic mass is 16.4. The molecule has 0 saturated carbocycles. The maximum Gasteiger partial charge on any atom is 0.320 e. The van der Waals surface area contributed by atoms with E-state index in [1.807, 2.05) is 11.8 Å². The Morgan fingerprint density at radius 1 is 1.19 bits per heavy atom. The first-order valence-electron chi connectivity index (χ1n) is 8.17. The van der Waals surface area contributed by atoms with Crippen molar-refractivity contribution in [3.63, 3.8) is 0 Å². The van der Waals surface area contributed by atoms with Crippen molar-refractivity contribution >= 4 is 12.0 Å². The van der Waals surface area contributed by atoms with Crippen molar-refractivity contribution < 1.29 is 14.7 Å². The lowest BCUT2D eigenvalue weighted by Gasteiger charge is -2.37. The number of hydrogen-bond donors (Lipinski definition) is 1. The summed E-state index contributed by atoms with van der Waals surface area (Å²) in [6, 6.07) is 0.0352. The lowest BCUT2D eigenvalue weighted by molar-refractivity contribution is -0.148. The number of carbonyl (C=O) groups is 2. The predicted molar refractivity (Wildman–Crippen MR) is 81.1 cm³/mol. The van der Waals surface area contributed by atoms with Crippen molar-refractivity contribution in [1.82, 2.24) is 9.80 Å². The first kappa shape index (κ1) is 16.1. The fourth-order valence-corrected chi connectivity index (χ4v) is 3.64. The molecule has 2 aliphatic heterocycles. The third-order valence-electron chi connectivity index (χ3n) is 5.41. The highest BCUT2D eigenvalue weighted by Gasteiger charge is 2.46. The average molecular weight is 296 g/mol. The molecule has 0 spiro atoms. The summed E-state index contributed by atoms with van der Waals surface area (Å²) < 4.78 is 0. The number of carboxylic acid groups (broad SMARTS) is 1. The minimum Gasteiger partial charge on any atom is -0.481 e. The van der Waals surface area contributed by atoms with Crippen molar-refractivity contribution in [3.05, 3.63) is 0 Å². The van der Waals surface area contributed by atoms with Gasteiger partial charge in [-0.2, -0.15) is 0 Å². The van der Waals surface area contributed by atoms with E-state index in [9.17, 15) is 14.7 Å². The molecule has 2 heterocycles. The van der Waals surface area contributed by atoms with Crippen molar-refractivity contribution in [2.75, 3.05) is 26.2 Å². The van der Waals surface area contributed by atoms with Crippen LogP contribution in [0.15, 0.2) is 0 Å². The number of carboxylic acids is 1. The summed E-state index contributed by atoms with van der Waals surface area (Å²) in [5.41, 5.74) is -0.723. The van der Waals surface area contributed by atoms with Crippen molar-refractivity contribution in [2.24, 2.45) is 17.3 Å². The van der Waals surface area contributed by atoms with Gasteiger partial charge in [0.25, 0.3) is 0 Å². The smallest absolute Gasteiger partial charge is 0.320 e. The summed E-state index contributed by atoms with van der Waals surface area (Å²) in [6.07, 6.45) is 3.12. The number of likely N-dealkylation sites (tertiary alicyclic amines) is 2. The summed E-state index contributed by atoms with van der Waals surface area (Å²) in [4.78, 5) is 27.9. The SMILES string of the molecule is CCCC1(C(=O)O)CCN(C(=O)N2CCC(C)C(C)C2)C1. The number of carbonyl (C=O) groups excluding carboxylic acids is 1. The molecule has 21 heavy (non-hydrogen) atoms. The number of piperidine rings is 1. The zero-order valence-corrected chi connectivity index (χ0v) is 13.5.